The lowest BCUT2D eigenvalue weighted by Gasteiger charge is -2.17. The van der Waals surface area contributed by atoms with Gasteiger partial charge >= 0.3 is 0 Å². The molecule has 3 N–H and O–H groups in total. The van der Waals surface area contributed by atoms with Crippen LogP contribution in [0.1, 0.15) is 30.7 Å². The Morgan fingerprint density at radius 1 is 1.41 bits per heavy atom. The van der Waals surface area contributed by atoms with Crippen LogP contribution >= 0.6 is 11.3 Å². The molecule has 4 heteroatoms. The van der Waals surface area contributed by atoms with Crippen LogP contribution in [0.2, 0.25) is 0 Å². The van der Waals surface area contributed by atoms with Crippen molar-refractivity contribution in [3.8, 4) is 0 Å². The van der Waals surface area contributed by atoms with E-state index in [-0.39, 0.29) is 0 Å². The van der Waals surface area contributed by atoms with Gasteiger partial charge in [-0.2, -0.15) is 0 Å². The topological polar surface area (TPSA) is 50.9 Å². The number of thiophene rings is 1. The molecule has 0 fully saturated rings. The van der Waals surface area contributed by atoms with Crippen LogP contribution in [0.15, 0.2) is 35.8 Å². The molecule has 0 amide bonds. The highest BCUT2D eigenvalue weighted by atomic mass is 32.1. The van der Waals surface area contributed by atoms with E-state index in [0.717, 1.165) is 18.5 Å². The van der Waals surface area contributed by atoms with E-state index in [0.29, 0.717) is 11.9 Å². The van der Waals surface area contributed by atoms with Crippen LogP contribution in [-0.2, 0) is 0 Å². The van der Waals surface area contributed by atoms with Gasteiger partial charge in [0.15, 0.2) is 0 Å². The molecule has 2 heterocycles. The summed E-state index contributed by atoms with van der Waals surface area (Å²) in [6.07, 6.45) is 4.05. The number of nitrogens with zero attached hydrogens (tertiary/aromatic N) is 1. The van der Waals surface area contributed by atoms with Crippen molar-refractivity contribution in [3.05, 3.63) is 40.7 Å². The van der Waals surface area contributed by atoms with Crippen LogP contribution < -0.4 is 11.1 Å². The quantitative estimate of drug-likeness (QED) is 0.847. The first kappa shape index (κ1) is 11.9. The summed E-state index contributed by atoms with van der Waals surface area (Å²) in [5.74, 6) is 0.554. The minimum absolute atomic E-state index is 0.366. The smallest absolute Gasteiger partial charge is 0.123 e. The van der Waals surface area contributed by atoms with Gasteiger partial charge in [-0.15, -0.1) is 11.3 Å². The zero-order chi connectivity index (χ0) is 12.1. The molecule has 17 heavy (non-hydrogen) atoms. The predicted molar refractivity (Wildman–Crippen MR) is 74.2 cm³/mol. The molecule has 90 valence electrons. The van der Waals surface area contributed by atoms with Crippen molar-refractivity contribution in [1.82, 2.24) is 4.98 Å². The van der Waals surface area contributed by atoms with Crippen molar-refractivity contribution in [1.29, 1.82) is 0 Å². The first-order valence-electron chi connectivity index (χ1n) is 5.81. The Balaban J connectivity index is 2.10. The lowest BCUT2D eigenvalue weighted by molar-refractivity contribution is 0.687. The first-order chi connectivity index (χ1) is 8.29. The van der Waals surface area contributed by atoms with E-state index < -0.39 is 0 Å². The van der Waals surface area contributed by atoms with E-state index in [1.807, 2.05) is 12.1 Å². The van der Waals surface area contributed by atoms with Gasteiger partial charge in [0.1, 0.15) is 5.82 Å². The summed E-state index contributed by atoms with van der Waals surface area (Å²) in [6, 6.07) is 8.41. The predicted octanol–water partition coefficient (Wildman–Crippen LogP) is 3.68. The molecule has 0 spiro atoms. The van der Waals surface area contributed by atoms with Crippen LogP contribution in [0, 0.1) is 0 Å². The summed E-state index contributed by atoms with van der Waals surface area (Å²) >= 11 is 1.79. The van der Waals surface area contributed by atoms with Gasteiger partial charge in [0.05, 0.1) is 17.9 Å². The number of rotatable bonds is 5. The average Bonchev–Trinajstić information content (AvgIpc) is 2.85. The maximum absolute atomic E-state index is 5.57. The molecule has 2 aromatic heterocycles. The van der Waals surface area contributed by atoms with Crippen LogP contribution in [0.25, 0.3) is 0 Å². The molecular weight excluding hydrogens is 230 g/mol. The number of pyridine rings is 1. The molecule has 1 unspecified atom stereocenters. The first-order valence-corrected chi connectivity index (χ1v) is 6.69. The van der Waals surface area contributed by atoms with Gasteiger partial charge in [-0.1, -0.05) is 19.4 Å². The Hall–Kier alpha value is -1.55. The maximum atomic E-state index is 5.57. The standard InChI is InChI=1S/C13H17N3S/c1-2-4-11(12-5-3-8-17-12)16-10-6-7-13(14)15-9-10/h3,5-9,11,16H,2,4H2,1H3,(H2,14,15). The summed E-state index contributed by atoms with van der Waals surface area (Å²) in [6.45, 7) is 2.20. The van der Waals surface area contributed by atoms with Crippen LogP contribution in [0.4, 0.5) is 11.5 Å². The second-order valence-corrected chi connectivity index (χ2v) is 4.95. The third-order valence-corrected chi connectivity index (χ3v) is 3.58. The molecule has 0 saturated heterocycles. The molecule has 0 aromatic carbocycles. The molecule has 0 aliphatic rings. The highest BCUT2D eigenvalue weighted by molar-refractivity contribution is 7.10. The van der Waals surface area contributed by atoms with Gasteiger partial charge in [0, 0.05) is 4.88 Å². The van der Waals surface area contributed by atoms with E-state index in [4.69, 9.17) is 5.73 Å². The fourth-order valence-corrected chi connectivity index (χ4v) is 2.57. The number of nitrogen functional groups attached to an aromatic ring is 1. The van der Waals surface area contributed by atoms with E-state index in [2.05, 4.69) is 34.7 Å². The number of aromatic nitrogens is 1. The van der Waals surface area contributed by atoms with Gasteiger partial charge in [0.2, 0.25) is 0 Å². The fourth-order valence-electron chi connectivity index (χ4n) is 1.76. The Kier molecular flexibility index (Phi) is 3.98. The van der Waals surface area contributed by atoms with Crippen molar-refractivity contribution in [2.45, 2.75) is 25.8 Å². The molecule has 2 rings (SSSR count). The maximum Gasteiger partial charge on any atom is 0.123 e. The summed E-state index contributed by atoms with van der Waals surface area (Å²) < 4.78 is 0. The Morgan fingerprint density at radius 3 is 2.88 bits per heavy atom. The summed E-state index contributed by atoms with van der Waals surface area (Å²) in [7, 11) is 0. The molecule has 2 aromatic rings. The Morgan fingerprint density at radius 2 is 2.29 bits per heavy atom. The number of anilines is 2. The fraction of sp³-hybridized carbons (Fsp3) is 0.308. The molecule has 0 radical (unpaired) electrons. The zero-order valence-electron chi connectivity index (χ0n) is 9.89. The molecule has 3 nitrogen and oxygen atoms in total. The van der Waals surface area contributed by atoms with Gasteiger partial charge < -0.3 is 11.1 Å². The third kappa shape index (κ3) is 3.20. The normalized spacial score (nSPS) is 12.3. The third-order valence-electron chi connectivity index (χ3n) is 2.59. The second-order valence-electron chi connectivity index (χ2n) is 3.97. The van der Waals surface area contributed by atoms with Gasteiger partial charge in [-0.3, -0.25) is 0 Å². The SMILES string of the molecule is CCCC(Nc1ccc(N)nc1)c1cccs1. The molecule has 1 atom stereocenters. The number of nitrogens with two attached hydrogens (primary N) is 1. The Labute approximate surface area is 106 Å². The van der Waals surface area contributed by atoms with E-state index in [1.165, 1.54) is 4.88 Å². The van der Waals surface area contributed by atoms with Crippen molar-refractivity contribution in [3.63, 3.8) is 0 Å². The van der Waals surface area contributed by atoms with Crippen molar-refractivity contribution < 1.29 is 0 Å². The van der Waals surface area contributed by atoms with Crippen LogP contribution in [0.5, 0.6) is 0 Å². The second kappa shape index (κ2) is 5.68. The molecule has 0 aliphatic heterocycles. The molecular formula is C13H17N3S. The van der Waals surface area contributed by atoms with Crippen molar-refractivity contribution in [2.75, 3.05) is 11.1 Å². The van der Waals surface area contributed by atoms with Gasteiger partial charge in [0.25, 0.3) is 0 Å². The lowest BCUT2D eigenvalue weighted by Crippen LogP contribution is -2.09. The van der Waals surface area contributed by atoms with Crippen molar-refractivity contribution >= 4 is 22.8 Å². The average molecular weight is 247 g/mol. The van der Waals surface area contributed by atoms with Gasteiger partial charge in [-0.05, 0) is 30.0 Å². The lowest BCUT2D eigenvalue weighted by atomic mass is 10.1. The van der Waals surface area contributed by atoms with Gasteiger partial charge in [-0.25, -0.2) is 4.98 Å². The van der Waals surface area contributed by atoms with Crippen LogP contribution in [-0.4, -0.2) is 4.98 Å². The number of hydrogen-bond donors (Lipinski definition) is 2. The molecule has 0 saturated carbocycles. The minimum atomic E-state index is 0.366. The zero-order valence-corrected chi connectivity index (χ0v) is 10.7. The Bertz CT molecular complexity index is 436. The summed E-state index contributed by atoms with van der Waals surface area (Å²) in [5.41, 5.74) is 6.59. The molecule has 0 bridgehead atoms. The molecule has 0 aliphatic carbocycles. The highest BCUT2D eigenvalue weighted by Gasteiger charge is 2.11. The summed E-state index contributed by atoms with van der Waals surface area (Å²) in [5, 5.41) is 5.61. The van der Waals surface area contributed by atoms with Crippen LogP contribution in [0.3, 0.4) is 0 Å². The van der Waals surface area contributed by atoms with E-state index in [9.17, 15) is 0 Å². The van der Waals surface area contributed by atoms with E-state index in [1.54, 1.807) is 17.5 Å². The number of nitrogens with one attached hydrogen (secondary N) is 1. The van der Waals surface area contributed by atoms with E-state index >= 15 is 0 Å². The largest absolute Gasteiger partial charge is 0.384 e. The minimum Gasteiger partial charge on any atom is -0.384 e. The van der Waals surface area contributed by atoms with Crippen molar-refractivity contribution in [2.24, 2.45) is 0 Å². The highest BCUT2D eigenvalue weighted by Crippen LogP contribution is 2.27. The number of hydrogen-bond acceptors (Lipinski definition) is 4. The summed E-state index contributed by atoms with van der Waals surface area (Å²) in [4.78, 5) is 5.46. The monoisotopic (exact) mass is 247 g/mol.